The number of carbonyl (C=O) groups is 5. The molecule has 0 aliphatic rings. The third kappa shape index (κ3) is 8.63. The minimum Gasteiger partial charge on any atom is -0.480 e. The van der Waals surface area contributed by atoms with Gasteiger partial charge in [-0.1, -0.05) is 0 Å². The van der Waals surface area contributed by atoms with E-state index in [1.165, 1.54) is 0 Å². The highest BCUT2D eigenvalue weighted by molar-refractivity contribution is 7.80. The Hall–Kier alpha value is -2.34. The van der Waals surface area contributed by atoms with Gasteiger partial charge in [0.1, 0.15) is 12.1 Å². The fraction of sp³-hybridized carbons (Fsp3) is 0.545. The molecule has 0 heterocycles. The molecule has 0 bridgehead atoms. The van der Waals surface area contributed by atoms with Crippen molar-refractivity contribution in [2.45, 2.75) is 18.5 Å². The molecule has 0 aromatic carbocycles. The van der Waals surface area contributed by atoms with Crippen LogP contribution in [0.4, 0.5) is 0 Å². The Morgan fingerprint density at radius 2 is 1.61 bits per heavy atom. The molecule has 2 unspecified atom stereocenters. The number of carboxylic acid groups (broad SMARTS) is 1. The first-order valence-electron chi connectivity index (χ1n) is 6.39. The fourth-order valence-electron chi connectivity index (χ4n) is 1.39. The zero-order valence-corrected chi connectivity index (χ0v) is 13.0. The average molecular weight is 349 g/mol. The smallest absolute Gasteiger partial charge is 0.327 e. The quantitative estimate of drug-likeness (QED) is 0.195. The molecular formula is C11H19N5O6S. The molecule has 0 aromatic rings. The second-order valence-corrected chi connectivity index (χ2v) is 4.72. The molecule has 11 nitrogen and oxygen atoms in total. The molecular weight excluding hydrogens is 330 g/mol. The molecule has 0 aromatic heterocycles. The van der Waals surface area contributed by atoms with Gasteiger partial charge in [-0.15, -0.1) is 0 Å². The van der Waals surface area contributed by atoms with Crippen molar-refractivity contribution in [1.29, 1.82) is 0 Å². The summed E-state index contributed by atoms with van der Waals surface area (Å²) in [6.07, 6.45) is -0.479. The van der Waals surface area contributed by atoms with E-state index in [9.17, 15) is 24.0 Å². The summed E-state index contributed by atoms with van der Waals surface area (Å²) in [6.45, 7) is -0.949. The second-order valence-electron chi connectivity index (χ2n) is 4.35. The van der Waals surface area contributed by atoms with Gasteiger partial charge >= 0.3 is 5.97 Å². The maximum atomic E-state index is 11.8. The van der Waals surface area contributed by atoms with Gasteiger partial charge in [0.15, 0.2) is 0 Å². The molecule has 0 saturated carbocycles. The van der Waals surface area contributed by atoms with Crippen molar-refractivity contribution in [3.63, 3.8) is 0 Å². The van der Waals surface area contributed by atoms with Crippen LogP contribution in [-0.2, 0) is 24.0 Å². The lowest BCUT2D eigenvalue weighted by atomic mass is 10.2. The fourth-order valence-corrected chi connectivity index (χ4v) is 1.63. The normalized spacial score (nSPS) is 12.6. The molecule has 0 radical (unpaired) electrons. The minimum atomic E-state index is -1.28. The van der Waals surface area contributed by atoms with Gasteiger partial charge in [0.25, 0.3) is 0 Å². The number of primary amides is 1. The Morgan fingerprint density at radius 1 is 1.04 bits per heavy atom. The zero-order chi connectivity index (χ0) is 18.0. The van der Waals surface area contributed by atoms with Gasteiger partial charge in [-0.2, -0.15) is 12.6 Å². The molecule has 2 atom stereocenters. The Morgan fingerprint density at radius 3 is 2.04 bits per heavy atom. The van der Waals surface area contributed by atoms with Crippen molar-refractivity contribution in [2.75, 3.05) is 18.8 Å². The molecule has 0 spiro atoms. The van der Waals surface area contributed by atoms with Crippen LogP contribution in [0.15, 0.2) is 0 Å². The van der Waals surface area contributed by atoms with Gasteiger partial charge in [0.05, 0.1) is 19.5 Å². The first kappa shape index (κ1) is 20.7. The predicted molar refractivity (Wildman–Crippen MR) is 81.2 cm³/mol. The highest BCUT2D eigenvalue weighted by atomic mass is 32.1. The van der Waals surface area contributed by atoms with E-state index in [0.29, 0.717) is 0 Å². The van der Waals surface area contributed by atoms with Crippen LogP contribution in [0, 0.1) is 0 Å². The Labute approximate surface area is 136 Å². The molecule has 0 aliphatic carbocycles. The molecule has 0 fully saturated rings. The Balaban J connectivity index is 4.55. The molecule has 4 amide bonds. The number of hydrogen-bond donors (Lipinski definition) is 7. The van der Waals surface area contributed by atoms with Crippen LogP contribution in [0.2, 0.25) is 0 Å². The lowest BCUT2D eigenvalue weighted by Gasteiger charge is -2.17. The number of nitrogens with two attached hydrogens (primary N) is 2. The summed E-state index contributed by atoms with van der Waals surface area (Å²) in [4.78, 5) is 56.2. The summed E-state index contributed by atoms with van der Waals surface area (Å²) < 4.78 is 0. The van der Waals surface area contributed by atoms with Crippen molar-refractivity contribution in [1.82, 2.24) is 16.0 Å². The van der Waals surface area contributed by atoms with Gasteiger partial charge in [-0.05, 0) is 0 Å². The summed E-state index contributed by atoms with van der Waals surface area (Å²) >= 11 is 3.76. The topological polar surface area (TPSA) is 194 Å². The summed E-state index contributed by atoms with van der Waals surface area (Å²) in [5, 5.41) is 15.2. The summed E-state index contributed by atoms with van der Waals surface area (Å²) in [6, 6.07) is -2.49. The summed E-state index contributed by atoms with van der Waals surface area (Å²) in [5.41, 5.74) is 10.1. The van der Waals surface area contributed by atoms with Crippen LogP contribution >= 0.6 is 12.6 Å². The average Bonchev–Trinajstić information content (AvgIpc) is 2.48. The monoisotopic (exact) mass is 349 g/mol. The third-order valence-corrected chi connectivity index (χ3v) is 2.85. The Kier molecular flexibility index (Phi) is 9.34. The van der Waals surface area contributed by atoms with E-state index in [1.54, 1.807) is 0 Å². The lowest BCUT2D eigenvalue weighted by Crippen LogP contribution is -2.52. The summed E-state index contributed by atoms with van der Waals surface area (Å²) in [7, 11) is 0. The number of amides is 4. The maximum Gasteiger partial charge on any atom is 0.327 e. The van der Waals surface area contributed by atoms with Crippen LogP contribution in [-0.4, -0.2) is 65.6 Å². The van der Waals surface area contributed by atoms with E-state index in [2.05, 4.69) is 28.6 Å². The molecule has 130 valence electrons. The third-order valence-electron chi connectivity index (χ3n) is 2.48. The van der Waals surface area contributed by atoms with E-state index in [1.807, 2.05) is 0 Å². The Bertz CT molecular complexity index is 486. The summed E-state index contributed by atoms with van der Waals surface area (Å²) in [5.74, 6) is -4.54. The standard InChI is InChI=1S/C11H19N5O6S/c12-2-8(18)15-5(1-7(13)17)10(20)14-3-9(19)16-6(4-23)11(21)22/h5-6,23H,1-4,12H2,(H2,13,17)(H,14,20)(H,15,18)(H,16,19)(H,21,22). The van der Waals surface area contributed by atoms with Crippen LogP contribution < -0.4 is 27.4 Å². The van der Waals surface area contributed by atoms with Crippen molar-refractivity contribution >= 4 is 42.2 Å². The molecule has 0 aliphatic heterocycles. The maximum absolute atomic E-state index is 11.8. The lowest BCUT2D eigenvalue weighted by molar-refractivity contribution is -0.141. The highest BCUT2D eigenvalue weighted by Crippen LogP contribution is 1.92. The molecule has 12 heteroatoms. The first-order chi connectivity index (χ1) is 10.7. The van der Waals surface area contributed by atoms with Gasteiger partial charge < -0.3 is 32.5 Å². The van der Waals surface area contributed by atoms with Gasteiger partial charge in [0, 0.05) is 5.75 Å². The van der Waals surface area contributed by atoms with Crippen molar-refractivity contribution in [3.8, 4) is 0 Å². The minimum absolute atomic E-state index is 0.133. The molecule has 0 rings (SSSR count). The predicted octanol–water partition coefficient (Wildman–Crippen LogP) is -4.08. The number of carbonyl (C=O) groups excluding carboxylic acids is 4. The van der Waals surface area contributed by atoms with Crippen LogP contribution in [0.1, 0.15) is 6.42 Å². The van der Waals surface area contributed by atoms with Crippen molar-refractivity contribution in [3.05, 3.63) is 0 Å². The van der Waals surface area contributed by atoms with E-state index in [0.717, 1.165) is 0 Å². The van der Waals surface area contributed by atoms with Crippen molar-refractivity contribution < 1.29 is 29.1 Å². The number of hydrogen-bond acceptors (Lipinski definition) is 7. The number of aliphatic carboxylic acids is 1. The van der Waals surface area contributed by atoms with Crippen LogP contribution in [0.3, 0.4) is 0 Å². The van der Waals surface area contributed by atoms with Gasteiger partial charge in [-0.25, -0.2) is 4.79 Å². The number of thiol groups is 1. The van der Waals surface area contributed by atoms with Gasteiger partial charge in [0.2, 0.25) is 23.6 Å². The number of carboxylic acids is 1. The van der Waals surface area contributed by atoms with E-state index in [-0.39, 0.29) is 5.75 Å². The van der Waals surface area contributed by atoms with E-state index < -0.39 is 61.2 Å². The van der Waals surface area contributed by atoms with Gasteiger partial charge in [-0.3, -0.25) is 19.2 Å². The second kappa shape index (κ2) is 10.4. The largest absolute Gasteiger partial charge is 0.480 e. The SMILES string of the molecule is NCC(=O)NC(CC(N)=O)C(=O)NCC(=O)NC(CS)C(=O)O. The highest BCUT2D eigenvalue weighted by Gasteiger charge is 2.24. The van der Waals surface area contributed by atoms with E-state index >= 15 is 0 Å². The first-order valence-corrected chi connectivity index (χ1v) is 7.03. The molecule has 0 saturated heterocycles. The zero-order valence-electron chi connectivity index (χ0n) is 12.1. The van der Waals surface area contributed by atoms with Crippen LogP contribution in [0.5, 0.6) is 0 Å². The van der Waals surface area contributed by atoms with Crippen LogP contribution in [0.25, 0.3) is 0 Å². The van der Waals surface area contributed by atoms with Crippen molar-refractivity contribution in [2.24, 2.45) is 11.5 Å². The molecule has 23 heavy (non-hydrogen) atoms. The number of rotatable bonds is 10. The van der Waals surface area contributed by atoms with E-state index in [4.69, 9.17) is 16.6 Å². The number of nitrogens with one attached hydrogen (secondary N) is 3. The molecule has 8 N–H and O–H groups in total.